The SMILES string of the molecule is NC1CCCCCCC1(C(=O)O)C1(N)CCCCCCC1. The van der Waals surface area contributed by atoms with Crippen LogP contribution in [0.2, 0.25) is 0 Å². The molecule has 2 aliphatic rings. The van der Waals surface area contributed by atoms with Gasteiger partial charge in [-0.3, -0.25) is 4.79 Å². The van der Waals surface area contributed by atoms with E-state index in [9.17, 15) is 9.90 Å². The smallest absolute Gasteiger partial charge is 0.313 e. The lowest BCUT2D eigenvalue weighted by atomic mass is 9.57. The Morgan fingerprint density at radius 2 is 1.33 bits per heavy atom. The van der Waals surface area contributed by atoms with Crippen LogP contribution in [0.4, 0.5) is 0 Å². The monoisotopic (exact) mass is 296 g/mol. The molecule has 4 nitrogen and oxygen atoms in total. The van der Waals surface area contributed by atoms with Crippen LogP contribution in [0, 0.1) is 5.41 Å². The molecule has 2 fully saturated rings. The number of hydrogen-bond acceptors (Lipinski definition) is 3. The number of aliphatic carboxylic acids is 1. The Morgan fingerprint density at radius 1 is 0.857 bits per heavy atom. The zero-order valence-electron chi connectivity index (χ0n) is 13.3. The Morgan fingerprint density at radius 3 is 1.90 bits per heavy atom. The molecule has 0 aromatic carbocycles. The highest BCUT2D eigenvalue weighted by atomic mass is 16.4. The van der Waals surface area contributed by atoms with Gasteiger partial charge >= 0.3 is 5.97 Å². The van der Waals surface area contributed by atoms with Crippen LogP contribution in [0.15, 0.2) is 0 Å². The van der Waals surface area contributed by atoms with Gasteiger partial charge in [-0.1, -0.05) is 57.8 Å². The molecule has 4 heteroatoms. The van der Waals surface area contributed by atoms with E-state index in [4.69, 9.17) is 11.5 Å². The number of carbonyl (C=O) groups is 1. The van der Waals surface area contributed by atoms with Gasteiger partial charge in [0, 0.05) is 11.6 Å². The van der Waals surface area contributed by atoms with Gasteiger partial charge in [0.25, 0.3) is 0 Å². The Balaban J connectivity index is 2.34. The number of nitrogens with two attached hydrogens (primary N) is 2. The first-order valence-electron chi connectivity index (χ1n) is 8.81. The number of hydrogen-bond donors (Lipinski definition) is 3. The first-order valence-corrected chi connectivity index (χ1v) is 8.81. The maximum atomic E-state index is 12.3. The molecule has 0 amide bonds. The second-order valence-corrected chi connectivity index (χ2v) is 7.26. The molecule has 0 aromatic rings. The Kier molecular flexibility index (Phi) is 5.67. The van der Waals surface area contributed by atoms with Crippen LogP contribution < -0.4 is 11.5 Å². The molecule has 0 aromatic heterocycles. The van der Waals surface area contributed by atoms with Gasteiger partial charge in [0.1, 0.15) is 5.41 Å². The minimum absolute atomic E-state index is 0.306. The fraction of sp³-hybridized carbons (Fsp3) is 0.941. The van der Waals surface area contributed by atoms with Crippen molar-refractivity contribution in [3.63, 3.8) is 0 Å². The topological polar surface area (TPSA) is 89.3 Å². The summed E-state index contributed by atoms with van der Waals surface area (Å²) in [6, 6.07) is -0.306. The third kappa shape index (κ3) is 3.26. The Labute approximate surface area is 128 Å². The summed E-state index contributed by atoms with van der Waals surface area (Å²) in [7, 11) is 0. The molecule has 0 saturated heterocycles. The minimum atomic E-state index is -0.926. The van der Waals surface area contributed by atoms with E-state index >= 15 is 0 Å². The van der Waals surface area contributed by atoms with Gasteiger partial charge in [-0.2, -0.15) is 0 Å². The summed E-state index contributed by atoms with van der Waals surface area (Å²) in [4.78, 5) is 12.3. The van der Waals surface area contributed by atoms with Gasteiger partial charge < -0.3 is 16.6 Å². The van der Waals surface area contributed by atoms with Gasteiger partial charge in [0.2, 0.25) is 0 Å². The van der Waals surface area contributed by atoms with Crippen LogP contribution in [-0.2, 0) is 4.79 Å². The van der Waals surface area contributed by atoms with E-state index in [1.54, 1.807) is 0 Å². The third-order valence-corrected chi connectivity index (χ3v) is 5.99. The van der Waals surface area contributed by atoms with E-state index in [-0.39, 0.29) is 6.04 Å². The van der Waals surface area contributed by atoms with Crippen LogP contribution in [0.25, 0.3) is 0 Å². The van der Waals surface area contributed by atoms with E-state index in [1.807, 2.05) is 0 Å². The lowest BCUT2D eigenvalue weighted by molar-refractivity contribution is -0.158. The Hall–Kier alpha value is -0.610. The van der Waals surface area contributed by atoms with Crippen LogP contribution in [-0.4, -0.2) is 22.7 Å². The normalized spacial score (nSPS) is 35.0. The first-order chi connectivity index (χ1) is 10.0. The molecule has 122 valence electrons. The lowest BCUT2D eigenvalue weighted by Crippen LogP contribution is -2.67. The average Bonchev–Trinajstić information content (AvgIpc) is 2.39. The van der Waals surface area contributed by atoms with Crippen molar-refractivity contribution in [2.75, 3.05) is 0 Å². The Bertz CT molecular complexity index is 351. The zero-order valence-corrected chi connectivity index (χ0v) is 13.3. The second-order valence-electron chi connectivity index (χ2n) is 7.26. The first kappa shape index (κ1) is 16.8. The molecule has 2 unspecified atom stereocenters. The van der Waals surface area contributed by atoms with Crippen molar-refractivity contribution in [1.82, 2.24) is 0 Å². The third-order valence-electron chi connectivity index (χ3n) is 5.99. The number of rotatable bonds is 2. The minimum Gasteiger partial charge on any atom is -0.481 e. The van der Waals surface area contributed by atoms with E-state index in [0.29, 0.717) is 6.42 Å². The summed E-state index contributed by atoms with van der Waals surface area (Å²) in [5.41, 5.74) is 11.7. The average molecular weight is 296 g/mol. The molecular formula is C17H32N2O2. The summed E-state index contributed by atoms with van der Waals surface area (Å²) in [5.74, 6) is -0.750. The van der Waals surface area contributed by atoms with Crippen LogP contribution in [0.1, 0.15) is 83.5 Å². The maximum Gasteiger partial charge on any atom is 0.313 e. The van der Waals surface area contributed by atoms with E-state index in [0.717, 1.165) is 51.4 Å². The summed E-state index contributed by atoms with van der Waals surface area (Å²) in [6.07, 6.45) is 13.0. The van der Waals surface area contributed by atoms with Crippen molar-refractivity contribution in [2.24, 2.45) is 16.9 Å². The summed E-state index contributed by atoms with van der Waals surface area (Å²) >= 11 is 0. The van der Waals surface area contributed by atoms with Crippen molar-refractivity contribution in [3.05, 3.63) is 0 Å². The second kappa shape index (κ2) is 7.10. The fourth-order valence-electron chi connectivity index (χ4n) is 4.63. The van der Waals surface area contributed by atoms with Gasteiger partial charge in [0.05, 0.1) is 0 Å². The molecule has 2 rings (SSSR count). The predicted octanol–water partition coefficient (Wildman–Crippen LogP) is 3.18. The van der Waals surface area contributed by atoms with Gasteiger partial charge in [-0.05, 0) is 25.7 Å². The highest BCUT2D eigenvalue weighted by molar-refractivity contribution is 5.78. The van der Waals surface area contributed by atoms with Crippen molar-refractivity contribution < 1.29 is 9.90 Å². The molecule has 0 aliphatic heterocycles. The molecule has 21 heavy (non-hydrogen) atoms. The van der Waals surface area contributed by atoms with Gasteiger partial charge in [-0.25, -0.2) is 0 Å². The molecule has 5 N–H and O–H groups in total. The van der Waals surface area contributed by atoms with Crippen LogP contribution >= 0.6 is 0 Å². The molecule has 2 aliphatic carbocycles. The van der Waals surface area contributed by atoms with Crippen molar-refractivity contribution >= 4 is 5.97 Å². The van der Waals surface area contributed by atoms with Crippen molar-refractivity contribution in [1.29, 1.82) is 0 Å². The number of carboxylic acid groups (broad SMARTS) is 1. The molecule has 2 saturated carbocycles. The highest BCUT2D eigenvalue weighted by Gasteiger charge is 2.57. The van der Waals surface area contributed by atoms with E-state index < -0.39 is 16.9 Å². The summed E-state index contributed by atoms with van der Waals surface area (Å²) in [6.45, 7) is 0. The summed E-state index contributed by atoms with van der Waals surface area (Å²) < 4.78 is 0. The largest absolute Gasteiger partial charge is 0.481 e. The zero-order chi connectivity index (χ0) is 15.3. The quantitative estimate of drug-likeness (QED) is 0.730. The van der Waals surface area contributed by atoms with Gasteiger partial charge in [-0.15, -0.1) is 0 Å². The fourth-order valence-corrected chi connectivity index (χ4v) is 4.63. The van der Waals surface area contributed by atoms with Crippen molar-refractivity contribution in [2.45, 2.75) is 95.1 Å². The molecule has 0 bridgehead atoms. The standard InChI is InChI=1S/C17H32N2O2/c18-14-10-6-2-5-9-13-17(14,15(20)21)16(19)11-7-3-1-4-8-12-16/h14H,1-13,18-19H2,(H,20,21). The predicted molar refractivity (Wildman–Crippen MR) is 85.0 cm³/mol. The summed E-state index contributed by atoms with van der Waals surface area (Å²) in [5, 5.41) is 10.1. The highest BCUT2D eigenvalue weighted by Crippen LogP contribution is 2.47. The van der Waals surface area contributed by atoms with Crippen LogP contribution in [0.5, 0.6) is 0 Å². The molecule has 0 spiro atoms. The van der Waals surface area contributed by atoms with Gasteiger partial charge in [0.15, 0.2) is 0 Å². The van der Waals surface area contributed by atoms with E-state index in [1.165, 1.54) is 25.7 Å². The maximum absolute atomic E-state index is 12.3. The number of carboxylic acids is 1. The van der Waals surface area contributed by atoms with E-state index in [2.05, 4.69) is 0 Å². The lowest BCUT2D eigenvalue weighted by Gasteiger charge is -2.50. The van der Waals surface area contributed by atoms with Crippen LogP contribution in [0.3, 0.4) is 0 Å². The molecular weight excluding hydrogens is 264 g/mol. The molecule has 0 heterocycles. The van der Waals surface area contributed by atoms with Crippen molar-refractivity contribution in [3.8, 4) is 0 Å². The molecule has 2 atom stereocenters. The molecule has 0 radical (unpaired) electrons.